The quantitative estimate of drug-likeness (QED) is 0.819. The van der Waals surface area contributed by atoms with Crippen molar-refractivity contribution in [1.82, 2.24) is 5.32 Å². The zero-order valence-corrected chi connectivity index (χ0v) is 11.0. The normalized spacial score (nSPS) is 12.6. The van der Waals surface area contributed by atoms with E-state index in [9.17, 15) is 9.50 Å². The molecule has 0 heterocycles. The van der Waals surface area contributed by atoms with Gasteiger partial charge in [0.05, 0.1) is 9.50 Å². The maximum atomic E-state index is 13.1. The van der Waals surface area contributed by atoms with Gasteiger partial charge in [-0.3, -0.25) is 0 Å². The summed E-state index contributed by atoms with van der Waals surface area (Å²) < 4.78 is 18.9. The van der Waals surface area contributed by atoms with Crippen LogP contribution in [0.15, 0.2) is 16.6 Å². The second kappa shape index (κ2) is 6.39. The topological polar surface area (TPSA) is 41.5 Å². The minimum atomic E-state index is -0.643. The van der Waals surface area contributed by atoms with Crippen LogP contribution in [0.1, 0.15) is 0 Å². The van der Waals surface area contributed by atoms with Gasteiger partial charge in [-0.25, -0.2) is 4.39 Å². The lowest BCUT2D eigenvalue weighted by Crippen LogP contribution is -2.29. The highest BCUT2D eigenvalue weighted by Gasteiger charge is 2.10. The summed E-state index contributed by atoms with van der Waals surface area (Å²) in [6.07, 6.45) is -0.643. The predicted molar refractivity (Wildman–Crippen MR) is 64.5 cm³/mol. The number of hydrogen-bond acceptors (Lipinski definition) is 3. The first kappa shape index (κ1) is 13.7. The molecule has 0 saturated carbocycles. The highest BCUT2D eigenvalue weighted by molar-refractivity contribution is 9.10. The van der Waals surface area contributed by atoms with Gasteiger partial charge in [-0.05, 0) is 29.0 Å². The van der Waals surface area contributed by atoms with Crippen LogP contribution >= 0.6 is 27.5 Å². The van der Waals surface area contributed by atoms with Gasteiger partial charge in [0.2, 0.25) is 0 Å². The molecule has 90 valence electrons. The van der Waals surface area contributed by atoms with E-state index in [0.29, 0.717) is 16.8 Å². The average Bonchev–Trinajstić information content (AvgIpc) is 2.22. The van der Waals surface area contributed by atoms with E-state index in [-0.39, 0.29) is 11.6 Å². The zero-order chi connectivity index (χ0) is 12.1. The van der Waals surface area contributed by atoms with Crippen molar-refractivity contribution >= 4 is 27.5 Å². The minimum absolute atomic E-state index is 0.0231. The summed E-state index contributed by atoms with van der Waals surface area (Å²) in [5, 5.41) is 12.2. The maximum Gasteiger partial charge on any atom is 0.145 e. The molecule has 0 saturated heterocycles. The highest BCUT2D eigenvalue weighted by Crippen LogP contribution is 2.30. The monoisotopic (exact) mass is 311 g/mol. The van der Waals surface area contributed by atoms with Gasteiger partial charge in [-0.15, -0.1) is 0 Å². The van der Waals surface area contributed by atoms with Crippen LogP contribution in [0.2, 0.25) is 5.02 Å². The number of likely N-dealkylation sites (N-methyl/N-ethyl adjacent to an activating group) is 1. The number of aliphatic hydroxyl groups is 1. The molecule has 0 amide bonds. The molecule has 1 aromatic rings. The number of benzene rings is 1. The van der Waals surface area contributed by atoms with Crippen molar-refractivity contribution < 1.29 is 14.2 Å². The molecule has 0 aliphatic rings. The first-order chi connectivity index (χ1) is 7.54. The Morgan fingerprint density at radius 1 is 1.62 bits per heavy atom. The molecule has 0 spiro atoms. The van der Waals surface area contributed by atoms with Gasteiger partial charge in [0, 0.05) is 12.6 Å². The summed E-state index contributed by atoms with van der Waals surface area (Å²) >= 11 is 8.78. The molecule has 0 radical (unpaired) electrons. The number of halogens is 3. The van der Waals surface area contributed by atoms with Crippen LogP contribution in [-0.4, -0.2) is 31.4 Å². The van der Waals surface area contributed by atoms with Crippen molar-refractivity contribution in [1.29, 1.82) is 0 Å². The Morgan fingerprint density at radius 2 is 2.31 bits per heavy atom. The molecule has 1 atom stereocenters. The fraction of sp³-hybridized carbons (Fsp3) is 0.400. The van der Waals surface area contributed by atoms with E-state index >= 15 is 0 Å². The van der Waals surface area contributed by atoms with Crippen LogP contribution in [0.5, 0.6) is 5.75 Å². The summed E-state index contributed by atoms with van der Waals surface area (Å²) in [4.78, 5) is 0. The second-order valence-electron chi connectivity index (χ2n) is 3.22. The van der Waals surface area contributed by atoms with Crippen molar-refractivity contribution in [3.8, 4) is 5.75 Å². The number of rotatable bonds is 5. The molecule has 3 nitrogen and oxygen atoms in total. The fourth-order valence-corrected chi connectivity index (χ4v) is 1.85. The number of aliphatic hydroxyl groups excluding tert-OH is 1. The van der Waals surface area contributed by atoms with E-state index in [0.717, 1.165) is 0 Å². The van der Waals surface area contributed by atoms with Crippen molar-refractivity contribution in [2.24, 2.45) is 0 Å². The molecular weight excluding hydrogens is 300 g/mol. The van der Waals surface area contributed by atoms with E-state index < -0.39 is 11.9 Å². The smallest absolute Gasteiger partial charge is 0.145 e. The van der Waals surface area contributed by atoms with Crippen LogP contribution in [0.25, 0.3) is 0 Å². The second-order valence-corrected chi connectivity index (χ2v) is 4.48. The van der Waals surface area contributed by atoms with E-state index in [2.05, 4.69) is 21.2 Å². The predicted octanol–water partition coefficient (Wildman–Crippen LogP) is 2.20. The van der Waals surface area contributed by atoms with Crippen molar-refractivity contribution in [3.63, 3.8) is 0 Å². The Kier molecular flexibility index (Phi) is 5.48. The van der Waals surface area contributed by atoms with E-state index in [1.54, 1.807) is 7.05 Å². The largest absolute Gasteiger partial charge is 0.490 e. The Labute approximate surface area is 107 Å². The Hall–Kier alpha value is -0.360. The maximum absolute atomic E-state index is 13.1. The minimum Gasteiger partial charge on any atom is -0.490 e. The lowest BCUT2D eigenvalue weighted by Gasteiger charge is -2.13. The number of nitrogens with one attached hydrogen (secondary N) is 1. The van der Waals surface area contributed by atoms with Gasteiger partial charge in [-0.2, -0.15) is 0 Å². The SMILES string of the molecule is CNCC(O)COc1cc(F)c(Cl)cc1Br. The van der Waals surface area contributed by atoms with Crippen molar-refractivity contribution in [2.45, 2.75) is 6.10 Å². The molecule has 1 aromatic carbocycles. The van der Waals surface area contributed by atoms with Crippen LogP contribution < -0.4 is 10.1 Å². The first-order valence-corrected chi connectivity index (χ1v) is 5.81. The summed E-state index contributed by atoms with van der Waals surface area (Å²) in [7, 11) is 1.72. The number of ether oxygens (including phenoxy) is 1. The fourth-order valence-electron chi connectivity index (χ4n) is 1.10. The molecule has 0 aromatic heterocycles. The molecule has 0 aliphatic carbocycles. The highest BCUT2D eigenvalue weighted by atomic mass is 79.9. The summed E-state index contributed by atoms with van der Waals surface area (Å²) in [6.45, 7) is 0.494. The summed E-state index contributed by atoms with van der Waals surface area (Å²) in [5.41, 5.74) is 0. The third-order valence-electron chi connectivity index (χ3n) is 1.85. The van der Waals surface area contributed by atoms with Crippen LogP contribution in [0.3, 0.4) is 0 Å². The van der Waals surface area contributed by atoms with Crippen LogP contribution in [0, 0.1) is 5.82 Å². The molecule has 1 rings (SSSR count). The lowest BCUT2D eigenvalue weighted by atomic mass is 10.3. The summed E-state index contributed by atoms with van der Waals surface area (Å²) in [6, 6.07) is 2.59. The van der Waals surface area contributed by atoms with Gasteiger partial charge >= 0.3 is 0 Å². The molecule has 16 heavy (non-hydrogen) atoms. The van der Waals surface area contributed by atoms with Gasteiger partial charge in [0.15, 0.2) is 0 Å². The molecule has 2 N–H and O–H groups in total. The van der Waals surface area contributed by atoms with Gasteiger partial charge in [-0.1, -0.05) is 11.6 Å². The first-order valence-electron chi connectivity index (χ1n) is 4.64. The molecule has 1 unspecified atom stereocenters. The van der Waals surface area contributed by atoms with Crippen molar-refractivity contribution in [2.75, 3.05) is 20.2 Å². The molecule has 0 aliphatic heterocycles. The molecule has 0 fully saturated rings. The lowest BCUT2D eigenvalue weighted by molar-refractivity contribution is 0.107. The third-order valence-corrected chi connectivity index (χ3v) is 2.76. The number of hydrogen-bond donors (Lipinski definition) is 2. The van der Waals surface area contributed by atoms with Crippen LogP contribution in [-0.2, 0) is 0 Å². The van der Waals surface area contributed by atoms with E-state index in [1.165, 1.54) is 12.1 Å². The van der Waals surface area contributed by atoms with Gasteiger partial charge in [0.25, 0.3) is 0 Å². The van der Waals surface area contributed by atoms with E-state index in [4.69, 9.17) is 16.3 Å². The zero-order valence-electron chi connectivity index (χ0n) is 8.64. The Balaban J connectivity index is 2.63. The van der Waals surface area contributed by atoms with Crippen LogP contribution in [0.4, 0.5) is 4.39 Å². The Bertz CT molecular complexity index is 365. The molecular formula is C10H12BrClFNO2. The standard InChI is InChI=1S/C10H12BrClFNO2/c1-14-4-6(15)5-16-10-3-9(13)8(12)2-7(10)11/h2-3,6,14-15H,4-5H2,1H3. The van der Waals surface area contributed by atoms with Crippen molar-refractivity contribution in [3.05, 3.63) is 27.4 Å². The average molecular weight is 313 g/mol. The van der Waals surface area contributed by atoms with E-state index in [1.807, 2.05) is 0 Å². The molecule has 0 bridgehead atoms. The van der Waals surface area contributed by atoms with Gasteiger partial charge in [0.1, 0.15) is 24.3 Å². The third kappa shape index (κ3) is 3.90. The Morgan fingerprint density at radius 3 is 2.94 bits per heavy atom. The molecule has 6 heteroatoms. The van der Waals surface area contributed by atoms with Gasteiger partial charge < -0.3 is 15.2 Å². The summed E-state index contributed by atoms with van der Waals surface area (Å²) in [5.74, 6) is -0.236.